The van der Waals surface area contributed by atoms with Gasteiger partial charge in [-0.3, -0.25) is 14.5 Å². The highest BCUT2D eigenvalue weighted by Gasteiger charge is 2.34. The van der Waals surface area contributed by atoms with E-state index in [4.69, 9.17) is 0 Å². The number of amides is 2. The molecule has 2 unspecified atom stereocenters. The van der Waals surface area contributed by atoms with Crippen molar-refractivity contribution in [3.05, 3.63) is 35.4 Å². The summed E-state index contributed by atoms with van der Waals surface area (Å²) in [6.07, 6.45) is 1.75. The van der Waals surface area contributed by atoms with Gasteiger partial charge in [-0.2, -0.15) is 0 Å². The number of rotatable bonds is 6. The lowest BCUT2D eigenvalue weighted by atomic mass is 10.0. The zero-order valence-corrected chi connectivity index (χ0v) is 16.2. The SMILES string of the molecule is CC1CC(NS(=O)(=O)CCCN2C(=O)c3ccccc3C2=O)CCN1.Cl. The molecule has 9 heteroatoms. The molecule has 0 bridgehead atoms. The topological polar surface area (TPSA) is 95.6 Å². The first-order valence-corrected chi connectivity index (χ1v) is 10.2. The Morgan fingerprint density at radius 1 is 1.19 bits per heavy atom. The number of fused-ring (bicyclic) bond motifs is 1. The van der Waals surface area contributed by atoms with Gasteiger partial charge in [0.1, 0.15) is 0 Å². The van der Waals surface area contributed by atoms with Crippen LogP contribution in [0.2, 0.25) is 0 Å². The summed E-state index contributed by atoms with van der Waals surface area (Å²) >= 11 is 0. The third-order valence-electron chi connectivity index (χ3n) is 4.64. The van der Waals surface area contributed by atoms with Crippen LogP contribution in [0.4, 0.5) is 0 Å². The van der Waals surface area contributed by atoms with Gasteiger partial charge < -0.3 is 5.32 Å². The Labute approximate surface area is 160 Å². The molecule has 0 aliphatic carbocycles. The number of benzene rings is 1. The van der Waals surface area contributed by atoms with Crippen LogP contribution in [0.1, 0.15) is 46.9 Å². The molecule has 0 radical (unpaired) electrons. The molecule has 1 saturated heterocycles. The lowest BCUT2D eigenvalue weighted by Crippen LogP contribution is -2.47. The smallest absolute Gasteiger partial charge is 0.261 e. The van der Waals surface area contributed by atoms with E-state index in [0.29, 0.717) is 17.2 Å². The Bertz CT molecular complexity index is 749. The Morgan fingerprint density at radius 2 is 1.81 bits per heavy atom. The maximum atomic E-state index is 12.2. The van der Waals surface area contributed by atoms with Crippen molar-refractivity contribution in [1.82, 2.24) is 14.9 Å². The van der Waals surface area contributed by atoms with Crippen LogP contribution in [0, 0.1) is 0 Å². The monoisotopic (exact) mass is 401 g/mol. The van der Waals surface area contributed by atoms with Crippen LogP contribution in [0.3, 0.4) is 0 Å². The first kappa shape index (κ1) is 20.8. The molecule has 2 aliphatic rings. The summed E-state index contributed by atoms with van der Waals surface area (Å²) in [7, 11) is -3.43. The number of sulfonamides is 1. The summed E-state index contributed by atoms with van der Waals surface area (Å²) < 4.78 is 27.2. The highest BCUT2D eigenvalue weighted by Crippen LogP contribution is 2.22. The first-order valence-electron chi connectivity index (χ1n) is 8.56. The molecule has 2 amide bonds. The van der Waals surface area contributed by atoms with Gasteiger partial charge in [-0.05, 0) is 44.9 Å². The van der Waals surface area contributed by atoms with Crippen molar-refractivity contribution >= 4 is 34.2 Å². The number of carbonyl (C=O) groups excluding carboxylic acids is 2. The molecule has 1 fully saturated rings. The molecular formula is C17H24ClN3O4S. The number of piperidine rings is 1. The summed E-state index contributed by atoms with van der Waals surface area (Å²) in [5, 5.41) is 3.28. The molecule has 3 rings (SSSR count). The van der Waals surface area contributed by atoms with Crippen molar-refractivity contribution in [1.29, 1.82) is 0 Å². The fourth-order valence-electron chi connectivity index (χ4n) is 3.41. The maximum absolute atomic E-state index is 12.2. The summed E-state index contributed by atoms with van der Waals surface area (Å²) in [5.41, 5.74) is 0.773. The van der Waals surface area contributed by atoms with Gasteiger partial charge in [-0.25, -0.2) is 13.1 Å². The number of nitrogens with one attached hydrogen (secondary N) is 2. The van der Waals surface area contributed by atoms with Crippen LogP contribution in [-0.4, -0.2) is 56.1 Å². The van der Waals surface area contributed by atoms with Crippen molar-refractivity contribution in [2.75, 3.05) is 18.8 Å². The second-order valence-electron chi connectivity index (χ2n) is 6.67. The molecule has 0 aromatic heterocycles. The molecule has 144 valence electrons. The van der Waals surface area contributed by atoms with E-state index < -0.39 is 10.0 Å². The standard InChI is InChI=1S/C17H23N3O4S.ClH/c1-12-11-13(7-8-18-12)19-25(23,24)10-4-9-20-16(21)14-5-2-3-6-15(14)17(20)22;/h2-3,5-6,12-13,18-19H,4,7-11H2,1H3;1H. The predicted molar refractivity (Wildman–Crippen MR) is 101 cm³/mol. The molecule has 2 aliphatic heterocycles. The molecule has 1 aromatic carbocycles. The van der Waals surface area contributed by atoms with Crippen LogP contribution >= 0.6 is 12.4 Å². The van der Waals surface area contributed by atoms with Gasteiger partial charge in [-0.15, -0.1) is 12.4 Å². The number of carbonyl (C=O) groups is 2. The molecule has 0 saturated carbocycles. The lowest BCUT2D eigenvalue weighted by Gasteiger charge is -2.28. The van der Waals surface area contributed by atoms with Gasteiger partial charge in [0.05, 0.1) is 16.9 Å². The molecular weight excluding hydrogens is 378 g/mol. The molecule has 2 heterocycles. The van der Waals surface area contributed by atoms with E-state index >= 15 is 0 Å². The summed E-state index contributed by atoms with van der Waals surface area (Å²) in [5.74, 6) is -0.796. The molecule has 2 atom stereocenters. The third kappa shape index (κ3) is 4.62. The Morgan fingerprint density at radius 3 is 2.38 bits per heavy atom. The zero-order valence-electron chi connectivity index (χ0n) is 14.6. The van der Waals surface area contributed by atoms with Gasteiger partial charge >= 0.3 is 0 Å². The Kier molecular flexibility index (Phi) is 6.79. The van der Waals surface area contributed by atoms with E-state index in [1.165, 1.54) is 0 Å². The maximum Gasteiger partial charge on any atom is 0.261 e. The van der Waals surface area contributed by atoms with E-state index in [9.17, 15) is 18.0 Å². The van der Waals surface area contributed by atoms with Crippen LogP contribution in [0.15, 0.2) is 24.3 Å². The first-order chi connectivity index (χ1) is 11.9. The minimum Gasteiger partial charge on any atom is -0.314 e. The Balaban J connectivity index is 0.00000243. The zero-order chi connectivity index (χ0) is 18.0. The van der Waals surface area contributed by atoms with Gasteiger partial charge in [0, 0.05) is 18.6 Å². The largest absolute Gasteiger partial charge is 0.314 e. The minimum atomic E-state index is -3.43. The van der Waals surface area contributed by atoms with Gasteiger partial charge in [0.15, 0.2) is 0 Å². The lowest BCUT2D eigenvalue weighted by molar-refractivity contribution is 0.0654. The number of halogens is 1. The molecule has 7 nitrogen and oxygen atoms in total. The summed E-state index contributed by atoms with van der Waals surface area (Å²) in [4.78, 5) is 25.6. The second kappa shape index (κ2) is 8.47. The van der Waals surface area contributed by atoms with Gasteiger partial charge in [0.2, 0.25) is 10.0 Å². The summed E-state index contributed by atoms with van der Waals surface area (Å²) in [6, 6.07) is 6.89. The average Bonchev–Trinajstić information content (AvgIpc) is 2.80. The summed E-state index contributed by atoms with van der Waals surface area (Å²) in [6.45, 7) is 2.93. The molecule has 0 spiro atoms. The number of hydrogen-bond acceptors (Lipinski definition) is 5. The van der Waals surface area contributed by atoms with E-state index in [-0.39, 0.29) is 49.0 Å². The van der Waals surface area contributed by atoms with Crippen molar-refractivity contribution in [2.24, 2.45) is 0 Å². The van der Waals surface area contributed by atoms with Crippen LogP contribution in [0.5, 0.6) is 0 Å². The van der Waals surface area contributed by atoms with E-state index in [0.717, 1.165) is 24.3 Å². The van der Waals surface area contributed by atoms with E-state index in [2.05, 4.69) is 10.0 Å². The van der Waals surface area contributed by atoms with E-state index in [1.807, 2.05) is 6.92 Å². The average molecular weight is 402 g/mol. The fraction of sp³-hybridized carbons (Fsp3) is 0.529. The van der Waals surface area contributed by atoms with Crippen molar-refractivity contribution < 1.29 is 18.0 Å². The van der Waals surface area contributed by atoms with Crippen molar-refractivity contribution in [2.45, 2.75) is 38.3 Å². The molecule has 2 N–H and O–H groups in total. The Hall–Kier alpha value is -1.48. The highest BCUT2D eigenvalue weighted by atomic mass is 35.5. The van der Waals surface area contributed by atoms with Gasteiger partial charge in [-0.1, -0.05) is 12.1 Å². The quantitative estimate of drug-likeness (QED) is 0.697. The van der Waals surface area contributed by atoms with Crippen LogP contribution in [-0.2, 0) is 10.0 Å². The fourth-order valence-corrected chi connectivity index (χ4v) is 4.76. The number of nitrogens with zero attached hydrogens (tertiary/aromatic N) is 1. The van der Waals surface area contributed by atoms with Crippen molar-refractivity contribution in [3.63, 3.8) is 0 Å². The molecule has 26 heavy (non-hydrogen) atoms. The number of hydrogen-bond donors (Lipinski definition) is 2. The van der Waals surface area contributed by atoms with Crippen LogP contribution in [0.25, 0.3) is 0 Å². The van der Waals surface area contributed by atoms with E-state index in [1.54, 1.807) is 24.3 Å². The minimum absolute atomic E-state index is 0. The van der Waals surface area contributed by atoms with Crippen molar-refractivity contribution in [3.8, 4) is 0 Å². The highest BCUT2D eigenvalue weighted by molar-refractivity contribution is 7.89. The third-order valence-corrected chi connectivity index (χ3v) is 6.16. The second-order valence-corrected chi connectivity index (χ2v) is 8.55. The van der Waals surface area contributed by atoms with Gasteiger partial charge in [0.25, 0.3) is 11.8 Å². The number of imide groups is 1. The van der Waals surface area contributed by atoms with Crippen LogP contribution < -0.4 is 10.0 Å². The molecule has 1 aromatic rings. The predicted octanol–water partition coefficient (Wildman–Crippen LogP) is 1.15. The normalized spacial score (nSPS) is 22.9.